The van der Waals surface area contributed by atoms with Crippen molar-refractivity contribution in [2.24, 2.45) is 0 Å². The van der Waals surface area contributed by atoms with Crippen molar-refractivity contribution >= 4 is 0 Å². The molecule has 1 N–H and O–H groups in total. The zero-order chi connectivity index (χ0) is 11.5. The first-order valence-corrected chi connectivity index (χ1v) is 7.24. The van der Waals surface area contributed by atoms with E-state index in [-0.39, 0.29) is 0 Å². The van der Waals surface area contributed by atoms with Gasteiger partial charge in [0.05, 0.1) is 0 Å². The largest absolute Gasteiger partial charge is 0.314 e. The smallest absolute Gasteiger partial charge is 0.0108 e. The van der Waals surface area contributed by atoms with Crippen LogP contribution in [0.3, 0.4) is 0 Å². The Hall–Kier alpha value is -0.820. The van der Waals surface area contributed by atoms with Crippen molar-refractivity contribution in [3.05, 3.63) is 35.4 Å². The Kier molecular flexibility index (Phi) is 3.46. The van der Waals surface area contributed by atoms with Gasteiger partial charge in [0.25, 0.3) is 0 Å². The van der Waals surface area contributed by atoms with Gasteiger partial charge >= 0.3 is 0 Å². The normalized spacial score (nSPS) is 25.5. The second kappa shape index (κ2) is 5.22. The number of nitrogens with one attached hydrogen (secondary N) is 1. The molecule has 0 radical (unpaired) electrons. The lowest BCUT2D eigenvalue weighted by Gasteiger charge is -2.14. The molecule has 2 aliphatic rings. The number of hydrogen-bond acceptors (Lipinski definition) is 1. The minimum absolute atomic E-state index is 0.730. The Morgan fingerprint density at radius 1 is 1.06 bits per heavy atom. The van der Waals surface area contributed by atoms with E-state index in [0.29, 0.717) is 0 Å². The first-order chi connectivity index (χ1) is 8.42. The molecule has 0 aromatic heterocycles. The van der Waals surface area contributed by atoms with Crippen molar-refractivity contribution in [1.29, 1.82) is 0 Å². The quantitative estimate of drug-likeness (QED) is 0.834. The van der Waals surface area contributed by atoms with E-state index in [9.17, 15) is 0 Å². The standard InChI is InChI=1S/C16H23N/c1-2-7-14(6-1)15-8-3-5-13(11-15)12-16-9-4-10-17-16/h3,5,8,11,14,16-17H,1-2,4,6-7,9-10,12H2. The maximum absolute atomic E-state index is 3.59. The van der Waals surface area contributed by atoms with E-state index in [1.807, 2.05) is 0 Å². The molecule has 1 atom stereocenters. The van der Waals surface area contributed by atoms with Gasteiger partial charge in [-0.3, -0.25) is 0 Å². The van der Waals surface area contributed by atoms with Crippen LogP contribution in [0.15, 0.2) is 24.3 Å². The van der Waals surface area contributed by atoms with Gasteiger partial charge < -0.3 is 5.32 Å². The first-order valence-electron chi connectivity index (χ1n) is 7.24. The van der Waals surface area contributed by atoms with Crippen LogP contribution in [0.1, 0.15) is 55.6 Å². The van der Waals surface area contributed by atoms with E-state index in [0.717, 1.165) is 12.0 Å². The fraction of sp³-hybridized carbons (Fsp3) is 0.625. The summed E-state index contributed by atoms with van der Waals surface area (Å²) in [6, 6.07) is 10.1. The molecule has 1 saturated heterocycles. The molecule has 1 unspecified atom stereocenters. The lowest BCUT2D eigenvalue weighted by Crippen LogP contribution is -2.23. The van der Waals surface area contributed by atoms with Crippen LogP contribution in [0.4, 0.5) is 0 Å². The predicted octanol–water partition coefficient (Wildman–Crippen LogP) is 3.64. The molecule has 1 aliphatic carbocycles. The van der Waals surface area contributed by atoms with Gasteiger partial charge in [0.15, 0.2) is 0 Å². The van der Waals surface area contributed by atoms with Crippen LogP contribution in [-0.4, -0.2) is 12.6 Å². The van der Waals surface area contributed by atoms with Crippen LogP contribution in [0, 0.1) is 0 Å². The molecule has 1 aromatic carbocycles. The van der Waals surface area contributed by atoms with Crippen molar-refractivity contribution in [2.45, 2.75) is 56.9 Å². The number of benzene rings is 1. The molecule has 1 aliphatic heterocycles. The molecular weight excluding hydrogens is 206 g/mol. The van der Waals surface area contributed by atoms with E-state index in [2.05, 4.69) is 29.6 Å². The Balaban J connectivity index is 1.69. The lowest BCUT2D eigenvalue weighted by atomic mass is 9.94. The summed E-state index contributed by atoms with van der Waals surface area (Å²) in [5.41, 5.74) is 3.13. The minimum atomic E-state index is 0.730. The average Bonchev–Trinajstić information content (AvgIpc) is 3.01. The summed E-state index contributed by atoms with van der Waals surface area (Å²) in [5, 5.41) is 3.59. The SMILES string of the molecule is c1cc(CC2CCCN2)cc(C2CCCC2)c1. The van der Waals surface area contributed by atoms with E-state index in [4.69, 9.17) is 0 Å². The summed E-state index contributed by atoms with van der Waals surface area (Å²) >= 11 is 0. The second-order valence-corrected chi connectivity index (χ2v) is 5.72. The minimum Gasteiger partial charge on any atom is -0.314 e. The molecule has 1 heterocycles. The fourth-order valence-electron chi connectivity index (χ4n) is 3.45. The number of rotatable bonds is 3. The van der Waals surface area contributed by atoms with Crippen LogP contribution < -0.4 is 5.32 Å². The highest BCUT2D eigenvalue weighted by atomic mass is 14.9. The van der Waals surface area contributed by atoms with Gasteiger partial charge in [-0.15, -0.1) is 0 Å². The maximum Gasteiger partial charge on any atom is 0.0108 e. The molecule has 17 heavy (non-hydrogen) atoms. The molecule has 2 fully saturated rings. The summed E-state index contributed by atoms with van der Waals surface area (Å²) in [4.78, 5) is 0. The monoisotopic (exact) mass is 229 g/mol. The molecule has 1 heteroatoms. The van der Waals surface area contributed by atoms with Gasteiger partial charge in [-0.1, -0.05) is 37.1 Å². The molecule has 1 nitrogen and oxygen atoms in total. The van der Waals surface area contributed by atoms with Crippen LogP contribution >= 0.6 is 0 Å². The summed E-state index contributed by atoms with van der Waals surface area (Å²) in [7, 11) is 0. The van der Waals surface area contributed by atoms with E-state index < -0.39 is 0 Å². The summed E-state index contributed by atoms with van der Waals surface area (Å²) < 4.78 is 0. The van der Waals surface area contributed by atoms with E-state index >= 15 is 0 Å². The van der Waals surface area contributed by atoms with Gasteiger partial charge in [-0.05, 0) is 55.7 Å². The van der Waals surface area contributed by atoms with Crippen molar-refractivity contribution in [1.82, 2.24) is 5.32 Å². The molecule has 1 aromatic rings. The highest BCUT2D eigenvalue weighted by Crippen LogP contribution is 2.34. The third kappa shape index (κ3) is 2.71. The van der Waals surface area contributed by atoms with Crippen molar-refractivity contribution in [3.8, 4) is 0 Å². The Morgan fingerprint density at radius 2 is 1.94 bits per heavy atom. The maximum atomic E-state index is 3.59. The Morgan fingerprint density at radius 3 is 2.71 bits per heavy atom. The first kappa shape index (κ1) is 11.3. The third-order valence-corrected chi connectivity index (χ3v) is 4.42. The van der Waals surface area contributed by atoms with Gasteiger partial charge in [-0.2, -0.15) is 0 Å². The Labute approximate surface area is 105 Å². The molecule has 1 saturated carbocycles. The van der Waals surface area contributed by atoms with Crippen LogP contribution in [0.2, 0.25) is 0 Å². The summed E-state index contributed by atoms with van der Waals surface area (Å²) in [5.74, 6) is 0.853. The second-order valence-electron chi connectivity index (χ2n) is 5.72. The predicted molar refractivity (Wildman–Crippen MR) is 72.4 cm³/mol. The Bertz CT molecular complexity index is 360. The lowest BCUT2D eigenvalue weighted by molar-refractivity contribution is 0.602. The van der Waals surface area contributed by atoms with Crippen LogP contribution in [0.25, 0.3) is 0 Å². The summed E-state index contributed by atoms with van der Waals surface area (Å²) in [6.07, 6.45) is 9.61. The summed E-state index contributed by atoms with van der Waals surface area (Å²) in [6.45, 7) is 1.22. The zero-order valence-electron chi connectivity index (χ0n) is 10.6. The van der Waals surface area contributed by atoms with Gasteiger partial charge in [0.1, 0.15) is 0 Å². The van der Waals surface area contributed by atoms with Crippen LogP contribution in [0.5, 0.6) is 0 Å². The van der Waals surface area contributed by atoms with Crippen molar-refractivity contribution < 1.29 is 0 Å². The highest BCUT2D eigenvalue weighted by Gasteiger charge is 2.18. The third-order valence-electron chi connectivity index (χ3n) is 4.42. The molecule has 92 valence electrons. The highest BCUT2D eigenvalue weighted by molar-refractivity contribution is 5.27. The molecule has 0 spiro atoms. The zero-order valence-corrected chi connectivity index (χ0v) is 10.6. The van der Waals surface area contributed by atoms with Crippen molar-refractivity contribution in [3.63, 3.8) is 0 Å². The average molecular weight is 229 g/mol. The van der Waals surface area contributed by atoms with Crippen LogP contribution in [-0.2, 0) is 6.42 Å². The topological polar surface area (TPSA) is 12.0 Å². The molecular formula is C16H23N. The molecule has 3 rings (SSSR count). The van der Waals surface area contributed by atoms with Crippen molar-refractivity contribution in [2.75, 3.05) is 6.54 Å². The molecule has 0 amide bonds. The van der Waals surface area contributed by atoms with Gasteiger partial charge in [0.2, 0.25) is 0 Å². The number of hydrogen-bond donors (Lipinski definition) is 1. The van der Waals surface area contributed by atoms with E-state index in [1.165, 1.54) is 57.1 Å². The van der Waals surface area contributed by atoms with E-state index in [1.54, 1.807) is 5.56 Å². The van der Waals surface area contributed by atoms with Gasteiger partial charge in [0, 0.05) is 6.04 Å². The van der Waals surface area contributed by atoms with Gasteiger partial charge in [-0.25, -0.2) is 0 Å². The fourth-order valence-corrected chi connectivity index (χ4v) is 3.45. The molecule has 0 bridgehead atoms.